The summed E-state index contributed by atoms with van der Waals surface area (Å²) in [5.74, 6) is 0.574. The molecule has 3 fully saturated rings. The summed E-state index contributed by atoms with van der Waals surface area (Å²) in [6.45, 7) is 8.73. The Hall–Kier alpha value is -0.0800. The van der Waals surface area contributed by atoms with Gasteiger partial charge in [0.25, 0.3) is 0 Å². The molecule has 0 aromatic carbocycles. The van der Waals surface area contributed by atoms with Gasteiger partial charge in [-0.15, -0.1) is 0 Å². The van der Waals surface area contributed by atoms with Crippen molar-refractivity contribution < 1.29 is 9.47 Å². The van der Waals surface area contributed by atoms with Crippen molar-refractivity contribution in [2.24, 2.45) is 16.7 Å². The van der Waals surface area contributed by atoms with E-state index in [9.17, 15) is 0 Å². The van der Waals surface area contributed by atoms with Crippen LogP contribution < -0.4 is 0 Å². The molecule has 0 unspecified atom stereocenters. The van der Waals surface area contributed by atoms with Crippen molar-refractivity contribution >= 4 is 0 Å². The molecule has 1 aliphatic heterocycles. The summed E-state index contributed by atoms with van der Waals surface area (Å²) < 4.78 is 11.9. The van der Waals surface area contributed by atoms with Crippen molar-refractivity contribution in [2.75, 3.05) is 13.2 Å². The van der Waals surface area contributed by atoms with E-state index in [0.717, 1.165) is 25.6 Å². The fourth-order valence-electron chi connectivity index (χ4n) is 4.08. The molecule has 0 N–H and O–H groups in total. The minimum absolute atomic E-state index is 0.223. The summed E-state index contributed by atoms with van der Waals surface area (Å²) in [5, 5.41) is 0. The Labute approximate surface area is 86.0 Å². The van der Waals surface area contributed by atoms with Crippen LogP contribution >= 0.6 is 0 Å². The fraction of sp³-hybridized carbons (Fsp3) is 1.00. The second kappa shape index (κ2) is 2.35. The van der Waals surface area contributed by atoms with Crippen LogP contribution in [0.2, 0.25) is 0 Å². The first-order chi connectivity index (χ1) is 6.52. The lowest BCUT2D eigenvalue weighted by Gasteiger charge is -2.44. The van der Waals surface area contributed by atoms with Gasteiger partial charge in [-0.1, -0.05) is 20.8 Å². The molecule has 0 aromatic rings. The first-order valence-corrected chi connectivity index (χ1v) is 5.80. The summed E-state index contributed by atoms with van der Waals surface area (Å²) >= 11 is 0. The average Bonchev–Trinajstić information content (AvgIpc) is 2.70. The molecular weight excluding hydrogens is 176 g/mol. The summed E-state index contributed by atoms with van der Waals surface area (Å²) in [7, 11) is 0. The summed E-state index contributed by atoms with van der Waals surface area (Å²) in [6.07, 6.45) is 3.75. The van der Waals surface area contributed by atoms with Gasteiger partial charge in [0, 0.05) is 11.8 Å². The van der Waals surface area contributed by atoms with E-state index in [1.807, 2.05) is 0 Å². The number of rotatable bonds is 0. The molecule has 2 bridgehead atoms. The van der Waals surface area contributed by atoms with Gasteiger partial charge < -0.3 is 9.47 Å². The van der Waals surface area contributed by atoms with Crippen LogP contribution in [-0.2, 0) is 9.47 Å². The maximum atomic E-state index is 5.95. The topological polar surface area (TPSA) is 18.5 Å². The number of fused-ring (bicyclic) bond motifs is 3. The Morgan fingerprint density at radius 1 is 1.07 bits per heavy atom. The zero-order chi connectivity index (χ0) is 10.0. The highest BCUT2D eigenvalue weighted by molar-refractivity contribution is 5.15. The van der Waals surface area contributed by atoms with Crippen molar-refractivity contribution in [3.05, 3.63) is 0 Å². The first-order valence-electron chi connectivity index (χ1n) is 5.80. The molecule has 0 amide bonds. The Morgan fingerprint density at radius 2 is 1.71 bits per heavy atom. The number of hydrogen-bond acceptors (Lipinski definition) is 2. The van der Waals surface area contributed by atoms with Gasteiger partial charge in [0.1, 0.15) is 0 Å². The van der Waals surface area contributed by atoms with E-state index in [4.69, 9.17) is 9.47 Å². The van der Waals surface area contributed by atoms with Crippen LogP contribution in [0.15, 0.2) is 0 Å². The highest BCUT2D eigenvalue weighted by Crippen LogP contribution is 2.71. The molecule has 2 atom stereocenters. The lowest BCUT2D eigenvalue weighted by Crippen LogP contribution is -2.48. The van der Waals surface area contributed by atoms with Gasteiger partial charge >= 0.3 is 0 Å². The van der Waals surface area contributed by atoms with Gasteiger partial charge in [-0.25, -0.2) is 0 Å². The molecule has 14 heavy (non-hydrogen) atoms. The largest absolute Gasteiger partial charge is 0.347 e. The smallest absolute Gasteiger partial charge is 0.174 e. The maximum Gasteiger partial charge on any atom is 0.174 e. The lowest BCUT2D eigenvalue weighted by molar-refractivity contribution is -0.236. The van der Waals surface area contributed by atoms with Gasteiger partial charge in [-0.2, -0.15) is 0 Å². The molecule has 0 radical (unpaired) electrons. The molecule has 2 nitrogen and oxygen atoms in total. The summed E-state index contributed by atoms with van der Waals surface area (Å²) in [5.41, 5.74) is 0.624. The van der Waals surface area contributed by atoms with Crippen molar-refractivity contribution in [1.82, 2.24) is 0 Å². The van der Waals surface area contributed by atoms with Gasteiger partial charge in [0.15, 0.2) is 5.79 Å². The normalized spacial score (nSPS) is 47.8. The molecule has 2 heteroatoms. The molecule has 3 aliphatic rings. The first kappa shape index (κ1) is 9.17. The minimum atomic E-state index is -0.223. The standard InChI is InChI=1S/C12H20O2/c1-10(2)9-4-5-11(10,3)12(8-9)13-6-7-14-12/h9H,4-8H2,1-3H3/t9-,11-/m1/s1. The van der Waals surface area contributed by atoms with Crippen LogP contribution in [0.25, 0.3) is 0 Å². The molecular formula is C12H20O2. The predicted molar refractivity (Wildman–Crippen MR) is 53.9 cm³/mol. The minimum Gasteiger partial charge on any atom is -0.347 e. The van der Waals surface area contributed by atoms with Crippen LogP contribution in [-0.4, -0.2) is 19.0 Å². The highest BCUT2D eigenvalue weighted by atomic mass is 16.7. The van der Waals surface area contributed by atoms with E-state index in [-0.39, 0.29) is 11.2 Å². The van der Waals surface area contributed by atoms with E-state index in [2.05, 4.69) is 20.8 Å². The third kappa shape index (κ3) is 0.737. The Morgan fingerprint density at radius 3 is 2.14 bits per heavy atom. The van der Waals surface area contributed by atoms with Crippen molar-refractivity contribution in [3.63, 3.8) is 0 Å². The molecule has 1 heterocycles. The average molecular weight is 196 g/mol. The van der Waals surface area contributed by atoms with Crippen LogP contribution in [0.5, 0.6) is 0 Å². The zero-order valence-corrected chi connectivity index (χ0v) is 9.43. The second-order valence-electron chi connectivity index (χ2n) is 5.94. The van der Waals surface area contributed by atoms with Crippen LogP contribution in [0.3, 0.4) is 0 Å². The lowest BCUT2D eigenvalue weighted by atomic mass is 9.68. The molecule has 1 spiro atoms. The third-order valence-corrected chi connectivity index (χ3v) is 5.55. The molecule has 2 aliphatic carbocycles. The Kier molecular flexibility index (Phi) is 1.54. The van der Waals surface area contributed by atoms with Crippen LogP contribution in [0, 0.1) is 16.7 Å². The van der Waals surface area contributed by atoms with Gasteiger partial charge in [0.05, 0.1) is 13.2 Å². The Bertz CT molecular complexity index is 265. The van der Waals surface area contributed by atoms with Crippen molar-refractivity contribution in [3.8, 4) is 0 Å². The van der Waals surface area contributed by atoms with Gasteiger partial charge in [0.2, 0.25) is 0 Å². The van der Waals surface area contributed by atoms with E-state index in [1.165, 1.54) is 12.8 Å². The van der Waals surface area contributed by atoms with Gasteiger partial charge in [-0.05, 0) is 24.2 Å². The van der Waals surface area contributed by atoms with Crippen LogP contribution in [0.1, 0.15) is 40.0 Å². The third-order valence-electron chi connectivity index (χ3n) is 5.55. The van der Waals surface area contributed by atoms with E-state index >= 15 is 0 Å². The van der Waals surface area contributed by atoms with Crippen molar-refractivity contribution in [2.45, 2.75) is 45.8 Å². The Balaban J connectivity index is 2.06. The predicted octanol–water partition coefficient (Wildman–Crippen LogP) is 2.58. The monoisotopic (exact) mass is 196 g/mol. The summed E-state index contributed by atoms with van der Waals surface area (Å²) in [4.78, 5) is 0. The second-order valence-corrected chi connectivity index (χ2v) is 5.94. The molecule has 1 saturated heterocycles. The van der Waals surface area contributed by atoms with E-state index < -0.39 is 0 Å². The number of hydrogen-bond donors (Lipinski definition) is 0. The van der Waals surface area contributed by atoms with Crippen LogP contribution in [0.4, 0.5) is 0 Å². The molecule has 80 valence electrons. The number of ether oxygens (including phenoxy) is 2. The SMILES string of the molecule is CC1(C)[C@@H]2CC[C@@]1(C)C1(C2)OCCO1. The summed E-state index contributed by atoms with van der Waals surface area (Å²) in [6, 6.07) is 0. The molecule has 0 aromatic heterocycles. The fourth-order valence-corrected chi connectivity index (χ4v) is 4.08. The van der Waals surface area contributed by atoms with E-state index in [1.54, 1.807) is 0 Å². The highest BCUT2D eigenvalue weighted by Gasteiger charge is 2.71. The maximum absolute atomic E-state index is 5.95. The molecule has 2 saturated carbocycles. The molecule has 3 rings (SSSR count). The van der Waals surface area contributed by atoms with Crippen molar-refractivity contribution in [1.29, 1.82) is 0 Å². The van der Waals surface area contributed by atoms with E-state index in [0.29, 0.717) is 5.41 Å². The van der Waals surface area contributed by atoms with Gasteiger partial charge in [-0.3, -0.25) is 0 Å². The quantitative estimate of drug-likeness (QED) is 0.593. The zero-order valence-electron chi connectivity index (χ0n) is 9.43.